The summed E-state index contributed by atoms with van der Waals surface area (Å²) in [6, 6.07) is 25.8. The fraction of sp³-hybridized carbons (Fsp3) is 0.0690. The van der Waals surface area contributed by atoms with E-state index in [1.807, 2.05) is 71.3 Å². The molecule has 0 saturated heterocycles. The number of nitrogens with zero attached hydrogens (tertiary/aromatic N) is 2. The zero-order valence-electron chi connectivity index (χ0n) is 19.2. The predicted octanol–water partition coefficient (Wildman–Crippen LogP) is 5.87. The van der Waals surface area contributed by atoms with Gasteiger partial charge < -0.3 is 14.8 Å². The van der Waals surface area contributed by atoms with Crippen LogP contribution >= 0.6 is 11.6 Å². The number of carboxylic acids is 1. The largest absolute Gasteiger partial charge is 0.478 e. The number of imidazole rings is 1. The van der Waals surface area contributed by atoms with E-state index in [4.69, 9.17) is 16.7 Å². The summed E-state index contributed by atoms with van der Waals surface area (Å²) in [5.41, 5.74) is 5.89. The lowest BCUT2D eigenvalue weighted by Gasteiger charge is -2.12. The number of hydrogen-bond acceptors (Lipinski definition) is 3. The van der Waals surface area contributed by atoms with E-state index in [2.05, 4.69) is 10.3 Å². The third-order valence-electron chi connectivity index (χ3n) is 5.97. The second kappa shape index (κ2) is 10.1. The van der Waals surface area contributed by atoms with Gasteiger partial charge >= 0.3 is 5.97 Å². The van der Waals surface area contributed by atoms with Gasteiger partial charge in [0.2, 0.25) is 0 Å². The van der Waals surface area contributed by atoms with Crippen molar-refractivity contribution >= 4 is 29.0 Å². The molecule has 0 bridgehead atoms. The summed E-state index contributed by atoms with van der Waals surface area (Å²) in [5, 5.41) is 12.7. The van der Waals surface area contributed by atoms with E-state index in [0.717, 1.165) is 33.5 Å². The summed E-state index contributed by atoms with van der Waals surface area (Å²) in [4.78, 5) is 29.2. The molecule has 6 nitrogen and oxygen atoms in total. The molecule has 2 N–H and O–H groups in total. The van der Waals surface area contributed by atoms with Crippen LogP contribution in [0.15, 0.2) is 97.5 Å². The van der Waals surface area contributed by atoms with Crippen LogP contribution in [0.4, 0.5) is 0 Å². The highest BCUT2D eigenvalue weighted by Gasteiger charge is 2.18. The van der Waals surface area contributed by atoms with Crippen LogP contribution in [0.5, 0.6) is 0 Å². The smallest absolute Gasteiger partial charge is 0.335 e. The first-order chi connectivity index (χ1) is 17.5. The summed E-state index contributed by atoms with van der Waals surface area (Å²) >= 11 is 6.18. The lowest BCUT2D eigenvalue weighted by Crippen LogP contribution is -2.23. The molecule has 178 valence electrons. The highest BCUT2D eigenvalue weighted by atomic mass is 35.5. The minimum atomic E-state index is -0.987. The van der Waals surface area contributed by atoms with Gasteiger partial charge in [0.15, 0.2) is 0 Å². The Bertz CT molecular complexity index is 1560. The number of benzene rings is 3. The number of halogens is 1. The van der Waals surface area contributed by atoms with E-state index in [0.29, 0.717) is 17.0 Å². The number of hydrogen-bond donors (Lipinski definition) is 2. The van der Waals surface area contributed by atoms with E-state index in [9.17, 15) is 9.59 Å². The molecule has 0 aliphatic heterocycles. The van der Waals surface area contributed by atoms with Crippen molar-refractivity contribution in [2.75, 3.05) is 0 Å². The van der Waals surface area contributed by atoms with Crippen LogP contribution in [-0.2, 0) is 13.0 Å². The molecular weight excluding hydrogens is 474 g/mol. The number of pyridine rings is 1. The lowest BCUT2D eigenvalue weighted by molar-refractivity contribution is 0.0696. The van der Waals surface area contributed by atoms with Crippen LogP contribution in [0.25, 0.3) is 16.6 Å². The molecule has 5 aromatic rings. The van der Waals surface area contributed by atoms with Gasteiger partial charge in [0, 0.05) is 24.2 Å². The standard InChI is InChI=1S/C29H22ClN3O3/c30-24-8-4-5-20(13-24)14-26-27-25(28(34)31-16-19-9-11-22(12-10-19)29(35)36)15-23(17-33(27)18-32-26)21-6-2-1-3-7-21/h1-13,15,17-18H,14,16H2,(H,31,34)(H,35,36). The number of amides is 1. The van der Waals surface area contributed by atoms with Crippen LogP contribution in [0.3, 0.4) is 0 Å². The molecule has 0 fully saturated rings. The number of rotatable bonds is 7. The predicted molar refractivity (Wildman–Crippen MR) is 139 cm³/mol. The molecule has 0 aliphatic rings. The van der Waals surface area contributed by atoms with Crippen molar-refractivity contribution < 1.29 is 14.7 Å². The van der Waals surface area contributed by atoms with Crippen LogP contribution in [0.2, 0.25) is 5.02 Å². The quantitative estimate of drug-likeness (QED) is 0.295. The number of aromatic carboxylic acids is 1. The number of fused-ring (bicyclic) bond motifs is 1. The molecule has 0 unspecified atom stereocenters. The summed E-state index contributed by atoms with van der Waals surface area (Å²) in [6.45, 7) is 0.262. The summed E-state index contributed by atoms with van der Waals surface area (Å²) in [7, 11) is 0. The number of carbonyl (C=O) groups is 2. The average Bonchev–Trinajstić information content (AvgIpc) is 3.30. The number of carboxylic acid groups (broad SMARTS) is 1. The Morgan fingerprint density at radius 2 is 1.67 bits per heavy atom. The Morgan fingerprint density at radius 1 is 0.889 bits per heavy atom. The Kier molecular flexibility index (Phi) is 6.52. The Balaban J connectivity index is 1.51. The minimum absolute atomic E-state index is 0.201. The Morgan fingerprint density at radius 3 is 2.39 bits per heavy atom. The minimum Gasteiger partial charge on any atom is -0.478 e. The molecule has 0 aliphatic carbocycles. The van der Waals surface area contributed by atoms with Crippen molar-refractivity contribution in [3.63, 3.8) is 0 Å². The van der Waals surface area contributed by atoms with Crippen molar-refractivity contribution in [2.24, 2.45) is 0 Å². The van der Waals surface area contributed by atoms with Gasteiger partial charge in [0.05, 0.1) is 28.7 Å². The van der Waals surface area contributed by atoms with Crippen molar-refractivity contribution in [2.45, 2.75) is 13.0 Å². The molecule has 5 rings (SSSR count). The average molecular weight is 496 g/mol. The third-order valence-corrected chi connectivity index (χ3v) is 6.20. The Labute approximate surface area is 212 Å². The van der Waals surface area contributed by atoms with Crippen molar-refractivity contribution in [1.82, 2.24) is 14.7 Å². The van der Waals surface area contributed by atoms with Gasteiger partial charge in [-0.2, -0.15) is 0 Å². The van der Waals surface area contributed by atoms with E-state index in [1.54, 1.807) is 18.5 Å². The Hall–Kier alpha value is -4.42. The number of nitrogens with one attached hydrogen (secondary N) is 1. The van der Waals surface area contributed by atoms with Crippen LogP contribution < -0.4 is 5.32 Å². The third kappa shape index (κ3) is 4.99. The molecule has 1 amide bonds. The summed E-state index contributed by atoms with van der Waals surface area (Å²) < 4.78 is 1.89. The first-order valence-corrected chi connectivity index (χ1v) is 11.8. The van der Waals surface area contributed by atoms with Gasteiger partial charge in [-0.25, -0.2) is 9.78 Å². The van der Waals surface area contributed by atoms with Crippen molar-refractivity contribution in [3.05, 3.63) is 130 Å². The zero-order chi connectivity index (χ0) is 25.1. The summed E-state index contributed by atoms with van der Waals surface area (Å²) in [6.07, 6.45) is 4.22. The molecule has 0 saturated carbocycles. The second-order valence-corrected chi connectivity index (χ2v) is 8.88. The van der Waals surface area contributed by atoms with Gasteiger partial charge in [-0.1, -0.05) is 66.2 Å². The van der Waals surface area contributed by atoms with E-state index >= 15 is 0 Å². The number of carbonyl (C=O) groups excluding carboxylic acids is 1. The van der Waals surface area contributed by atoms with Crippen LogP contribution in [0.1, 0.15) is 37.5 Å². The highest BCUT2D eigenvalue weighted by molar-refractivity contribution is 6.30. The maximum atomic E-state index is 13.5. The molecule has 2 aromatic heterocycles. The maximum Gasteiger partial charge on any atom is 0.335 e. The molecule has 0 spiro atoms. The SMILES string of the molecule is O=C(O)c1ccc(CNC(=O)c2cc(-c3ccccc3)cn3cnc(Cc4cccc(Cl)c4)c23)cc1. The molecule has 2 heterocycles. The monoisotopic (exact) mass is 495 g/mol. The van der Waals surface area contributed by atoms with Gasteiger partial charge in [0.25, 0.3) is 5.91 Å². The zero-order valence-corrected chi connectivity index (χ0v) is 19.9. The first kappa shape index (κ1) is 23.3. The molecule has 3 aromatic carbocycles. The van der Waals surface area contributed by atoms with E-state index in [-0.39, 0.29) is 18.0 Å². The van der Waals surface area contributed by atoms with Gasteiger partial charge in [-0.3, -0.25) is 4.79 Å². The first-order valence-electron chi connectivity index (χ1n) is 11.4. The van der Waals surface area contributed by atoms with E-state index in [1.165, 1.54) is 12.1 Å². The second-order valence-electron chi connectivity index (χ2n) is 8.45. The maximum absolute atomic E-state index is 13.5. The normalized spacial score (nSPS) is 10.9. The van der Waals surface area contributed by atoms with Gasteiger partial charge in [-0.15, -0.1) is 0 Å². The van der Waals surface area contributed by atoms with Crippen LogP contribution in [0, 0.1) is 0 Å². The molecule has 36 heavy (non-hydrogen) atoms. The summed E-state index contributed by atoms with van der Waals surface area (Å²) in [5.74, 6) is -1.23. The molecular formula is C29H22ClN3O3. The molecule has 0 atom stereocenters. The van der Waals surface area contributed by atoms with Gasteiger partial charge in [-0.05, 0) is 52.6 Å². The lowest BCUT2D eigenvalue weighted by atomic mass is 10.0. The fourth-order valence-corrected chi connectivity index (χ4v) is 4.39. The van der Waals surface area contributed by atoms with Gasteiger partial charge in [0.1, 0.15) is 0 Å². The number of aromatic nitrogens is 2. The molecule has 0 radical (unpaired) electrons. The highest BCUT2D eigenvalue weighted by Crippen LogP contribution is 2.26. The fourth-order valence-electron chi connectivity index (χ4n) is 4.18. The van der Waals surface area contributed by atoms with E-state index < -0.39 is 5.97 Å². The van der Waals surface area contributed by atoms with Crippen molar-refractivity contribution in [3.8, 4) is 11.1 Å². The van der Waals surface area contributed by atoms with Crippen LogP contribution in [-0.4, -0.2) is 26.4 Å². The van der Waals surface area contributed by atoms with Crippen molar-refractivity contribution in [1.29, 1.82) is 0 Å². The topological polar surface area (TPSA) is 83.7 Å². The molecule has 7 heteroatoms.